The largest absolute Gasteiger partial charge is 0.352 e. The maximum atomic E-state index is 12.9. The zero-order valence-corrected chi connectivity index (χ0v) is 15.4. The number of para-hydroxylation sites is 1. The summed E-state index contributed by atoms with van der Waals surface area (Å²) in [5.41, 5.74) is 2.22. The van der Waals surface area contributed by atoms with E-state index >= 15 is 0 Å². The second-order valence-corrected chi connectivity index (χ2v) is 6.26. The summed E-state index contributed by atoms with van der Waals surface area (Å²) in [6.07, 6.45) is 2.03. The summed E-state index contributed by atoms with van der Waals surface area (Å²) < 4.78 is 12.9. The van der Waals surface area contributed by atoms with E-state index in [1.165, 1.54) is 29.3 Å². The third-order valence-electron chi connectivity index (χ3n) is 4.30. The predicted octanol–water partition coefficient (Wildman–Crippen LogP) is 3.47. The van der Waals surface area contributed by atoms with Crippen LogP contribution in [0.2, 0.25) is 0 Å². The summed E-state index contributed by atoms with van der Waals surface area (Å²) in [7, 11) is 1.66. The lowest BCUT2D eigenvalue weighted by molar-refractivity contribution is 0.0954. The van der Waals surface area contributed by atoms with Gasteiger partial charge >= 0.3 is 0 Å². The SMILES string of the molecule is CN(C(=O)c1cc(C(=O)NCCc2ccc(F)cc2)ccn1)c1ccccc1. The van der Waals surface area contributed by atoms with Gasteiger partial charge < -0.3 is 10.2 Å². The molecule has 2 aromatic carbocycles. The van der Waals surface area contributed by atoms with Crippen molar-refractivity contribution in [2.45, 2.75) is 6.42 Å². The van der Waals surface area contributed by atoms with Crippen molar-refractivity contribution in [3.63, 3.8) is 0 Å². The first-order valence-electron chi connectivity index (χ1n) is 8.86. The van der Waals surface area contributed by atoms with Crippen LogP contribution in [0.1, 0.15) is 26.4 Å². The Balaban J connectivity index is 1.62. The van der Waals surface area contributed by atoms with Gasteiger partial charge in [-0.15, -0.1) is 0 Å². The quantitative estimate of drug-likeness (QED) is 0.716. The van der Waals surface area contributed by atoms with E-state index in [0.717, 1.165) is 11.3 Å². The topological polar surface area (TPSA) is 62.3 Å². The number of carbonyl (C=O) groups is 2. The van der Waals surface area contributed by atoms with Gasteiger partial charge in [-0.05, 0) is 48.4 Å². The fourth-order valence-corrected chi connectivity index (χ4v) is 2.70. The Labute approximate surface area is 162 Å². The van der Waals surface area contributed by atoms with E-state index in [9.17, 15) is 14.0 Å². The summed E-state index contributed by atoms with van der Waals surface area (Å²) in [5, 5.41) is 2.80. The average molecular weight is 377 g/mol. The molecule has 0 aliphatic heterocycles. The molecule has 0 saturated carbocycles. The molecule has 0 spiro atoms. The molecule has 5 nitrogen and oxygen atoms in total. The summed E-state index contributed by atoms with van der Waals surface area (Å²) in [5.74, 6) is -0.879. The van der Waals surface area contributed by atoms with E-state index in [2.05, 4.69) is 10.3 Å². The van der Waals surface area contributed by atoms with Gasteiger partial charge in [0, 0.05) is 31.0 Å². The number of benzene rings is 2. The van der Waals surface area contributed by atoms with Crippen LogP contribution in [0.15, 0.2) is 72.9 Å². The van der Waals surface area contributed by atoms with Crippen molar-refractivity contribution in [1.29, 1.82) is 0 Å². The Bertz CT molecular complexity index is 959. The molecular formula is C22H20FN3O2. The van der Waals surface area contributed by atoms with Gasteiger partial charge in [-0.25, -0.2) is 4.39 Å². The molecule has 28 heavy (non-hydrogen) atoms. The van der Waals surface area contributed by atoms with Gasteiger partial charge in [0.05, 0.1) is 0 Å². The minimum Gasteiger partial charge on any atom is -0.352 e. The maximum absolute atomic E-state index is 12.9. The van der Waals surface area contributed by atoms with Crippen LogP contribution in [-0.2, 0) is 6.42 Å². The van der Waals surface area contributed by atoms with Crippen molar-refractivity contribution in [2.24, 2.45) is 0 Å². The highest BCUT2D eigenvalue weighted by Gasteiger charge is 2.16. The van der Waals surface area contributed by atoms with Crippen LogP contribution < -0.4 is 10.2 Å². The Kier molecular flexibility index (Phi) is 6.11. The summed E-state index contributed by atoms with van der Waals surface area (Å²) >= 11 is 0. The maximum Gasteiger partial charge on any atom is 0.276 e. The highest BCUT2D eigenvalue weighted by atomic mass is 19.1. The first-order valence-corrected chi connectivity index (χ1v) is 8.86. The molecule has 6 heteroatoms. The third-order valence-corrected chi connectivity index (χ3v) is 4.30. The molecule has 2 amide bonds. The zero-order valence-electron chi connectivity index (χ0n) is 15.4. The van der Waals surface area contributed by atoms with Crippen LogP contribution in [0.25, 0.3) is 0 Å². The van der Waals surface area contributed by atoms with Crippen LogP contribution >= 0.6 is 0 Å². The van der Waals surface area contributed by atoms with Crippen molar-refractivity contribution < 1.29 is 14.0 Å². The first-order chi connectivity index (χ1) is 13.5. The molecule has 0 unspecified atom stereocenters. The number of carbonyl (C=O) groups excluding carboxylic acids is 2. The number of hydrogen-bond donors (Lipinski definition) is 1. The normalized spacial score (nSPS) is 10.4. The molecule has 1 aromatic heterocycles. The van der Waals surface area contributed by atoms with Gasteiger partial charge in [-0.3, -0.25) is 14.6 Å². The Morgan fingerprint density at radius 2 is 1.75 bits per heavy atom. The number of anilines is 1. The van der Waals surface area contributed by atoms with Gasteiger partial charge in [0.25, 0.3) is 11.8 Å². The molecular weight excluding hydrogens is 357 g/mol. The lowest BCUT2D eigenvalue weighted by Crippen LogP contribution is -2.29. The van der Waals surface area contributed by atoms with Crippen LogP contribution in [0, 0.1) is 5.82 Å². The highest BCUT2D eigenvalue weighted by Crippen LogP contribution is 2.14. The Hall–Kier alpha value is -3.54. The van der Waals surface area contributed by atoms with Crippen molar-refractivity contribution in [1.82, 2.24) is 10.3 Å². The van der Waals surface area contributed by atoms with Crippen molar-refractivity contribution in [2.75, 3.05) is 18.5 Å². The van der Waals surface area contributed by atoms with E-state index in [1.807, 2.05) is 30.3 Å². The van der Waals surface area contributed by atoms with Crippen LogP contribution in [0.4, 0.5) is 10.1 Å². The molecule has 0 bridgehead atoms. The molecule has 0 atom stereocenters. The number of nitrogens with zero attached hydrogens (tertiary/aromatic N) is 2. The van der Waals surface area contributed by atoms with E-state index in [1.54, 1.807) is 25.2 Å². The summed E-state index contributed by atoms with van der Waals surface area (Å²) in [4.78, 5) is 30.6. The summed E-state index contributed by atoms with van der Waals surface area (Å²) in [6.45, 7) is 0.403. The van der Waals surface area contributed by atoms with E-state index < -0.39 is 0 Å². The van der Waals surface area contributed by atoms with Gasteiger partial charge in [0.2, 0.25) is 0 Å². The minimum absolute atomic E-state index is 0.192. The first kappa shape index (κ1) is 19.2. The second-order valence-electron chi connectivity index (χ2n) is 6.26. The Morgan fingerprint density at radius 1 is 1.04 bits per heavy atom. The number of hydrogen-bond acceptors (Lipinski definition) is 3. The lowest BCUT2D eigenvalue weighted by atomic mass is 10.1. The van der Waals surface area contributed by atoms with Gasteiger partial charge in [0.15, 0.2) is 0 Å². The number of halogens is 1. The van der Waals surface area contributed by atoms with Crippen molar-refractivity contribution >= 4 is 17.5 Å². The standard InChI is InChI=1S/C22H20FN3O2/c1-26(19-5-3-2-4-6-19)22(28)20-15-17(12-14-24-20)21(27)25-13-11-16-7-9-18(23)10-8-16/h2-10,12,14-15H,11,13H2,1H3,(H,25,27). The van der Waals surface area contributed by atoms with Crippen LogP contribution in [-0.4, -0.2) is 30.4 Å². The van der Waals surface area contributed by atoms with E-state index in [0.29, 0.717) is 18.5 Å². The number of aromatic nitrogens is 1. The smallest absolute Gasteiger partial charge is 0.276 e. The molecule has 1 N–H and O–H groups in total. The Morgan fingerprint density at radius 3 is 2.46 bits per heavy atom. The predicted molar refractivity (Wildman–Crippen MR) is 106 cm³/mol. The number of rotatable bonds is 6. The second kappa shape index (κ2) is 8.90. The van der Waals surface area contributed by atoms with Gasteiger partial charge in [-0.1, -0.05) is 30.3 Å². The molecule has 3 rings (SSSR count). The van der Waals surface area contributed by atoms with Crippen LogP contribution in [0.3, 0.4) is 0 Å². The zero-order chi connectivity index (χ0) is 19.9. The van der Waals surface area contributed by atoms with Crippen LogP contribution in [0.5, 0.6) is 0 Å². The number of amides is 2. The molecule has 142 valence electrons. The fraction of sp³-hybridized carbons (Fsp3) is 0.136. The fourth-order valence-electron chi connectivity index (χ4n) is 2.70. The third kappa shape index (κ3) is 4.79. The molecule has 0 aliphatic carbocycles. The molecule has 3 aromatic rings. The van der Waals surface area contributed by atoms with Gasteiger partial charge in [-0.2, -0.15) is 0 Å². The highest BCUT2D eigenvalue weighted by molar-refractivity contribution is 6.06. The van der Waals surface area contributed by atoms with Crippen molar-refractivity contribution in [3.8, 4) is 0 Å². The number of nitrogens with one attached hydrogen (secondary N) is 1. The number of pyridine rings is 1. The summed E-state index contributed by atoms with van der Waals surface area (Å²) in [6, 6.07) is 18.4. The molecule has 0 radical (unpaired) electrons. The molecule has 0 aliphatic rings. The monoisotopic (exact) mass is 377 g/mol. The van der Waals surface area contributed by atoms with E-state index in [-0.39, 0.29) is 23.3 Å². The molecule has 0 fully saturated rings. The van der Waals surface area contributed by atoms with Gasteiger partial charge in [0.1, 0.15) is 11.5 Å². The molecule has 0 saturated heterocycles. The molecule has 1 heterocycles. The lowest BCUT2D eigenvalue weighted by Gasteiger charge is -2.17. The minimum atomic E-state index is -0.299. The average Bonchev–Trinajstić information content (AvgIpc) is 2.74. The van der Waals surface area contributed by atoms with E-state index in [4.69, 9.17) is 0 Å². The van der Waals surface area contributed by atoms with Crippen molar-refractivity contribution in [3.05, 3.63) is 95.6 Å².